The summed E-state index contributed by atoms with van der Waals surface area (Å²) in [6, 6.07) is 0. The summed E-state index contributed by atoms with van der Waals surface area (Å²) < 4.78 is 5.31. The predicted molar refractivity (Wildman–Crippen MR) is 43.4 cm³/mol. The maximum Gasteiger partial charge on any atom is 0.225 e. The SMILES string of the molecule is NC(=O)C12CCOCC1CNC2. The minimum absolute atomic E-state index is 0.166. The van der Waals surface area contributed by atoms with Crippen molar-refractivity contribution in [1.29, 1.82) is 0 Å². The molecule has 2 unspecified atom stereocenters. The number of carbonyl (C=O) groups is 1. The Morgan fingerprint density at radius 3 is 3.17 bits per heavy atom. The second-order valence-electron chi connectivity index (χ2n) is 3.67. The molecule has 0 bridgehead atoms. The maximum absolute atomic E-state index is 11.3. The number of primary amides is 1. The molecular weight excluding hydrogens is 156 g/mol. The van der Waals surface area contributed by atoms with Crippen LogP contribution < -0.4 is 11.1 Å². The van der Waals surface area contributed by atoms with Gasteiger partial charge in [0.2, 0.25) is 5.91 Å². The summed E-state index contributed by atoms with van der Waals surface area (Å²) >= 11 is 0. The normalized spacial score (nSPS) is 40.8. The Hall–Kier alpha value is -0.610. The third-order valence-corrected chi connectivity index (χ3v) is 3.11. The number of amides is 1. The van der Waals surface area contributed by atoms with E-state index in [1.54, 1.807) is 0 Å². The zero-order valence-corrected chi connectivity index (χ0v) is 7.01. The Morgan fingerprint density at radius 1 is 1.67 bits per heavy atom. The second-order valence-corrected chi connectivity index (χ2v) is 3.67. The van der Waals surface area contributed by atoms with Gasteiger partial charge in [-0.3, -0.25) is 4.79 Å². The van der Waals surface area contributed by atoms with Crippen molar-refractivity contribution in [2.24, 2.45) is 17.1 Å². The van der Waals surface area contributed by atoms with Crippen LogP contribution in [0.15, 0.2) is 0 Å². The number of nitrogens with two attached hydrogens (primary N) is 1. The monoisotopic (exact) mass is 170 g/mol. The molecule has 4 heteroatoms. The van der Waals surface area contributed by atoms with E-state index in [0.29, 0.717) is 19.1 Å². The Kier molecular flexibility index (Phi) is 1.81. The molecule has 1 amide bonds. The lowest BCUT2D eigenvalue weighted by Crippen LogP contribution is -2.48. The molecule has 0 aliphatic carbocycles. The fraction of sp³-hybridized carbons (Fsp3) is 0.875. The Morgan fingerprint density at radius 2 is 2.50 bits per heavy atom. The fourth-order valence-electron chi connectivity index (χ4n) is 2.21. The first kappa shape index (κ1) is 8.01. The summed E-state index contributed by atoms with van der Waals surface area (Å²) in [5.41, 5.74) is 5.10. The van der Waals surface area contributed by atoms with Gasteiger partial charge in [0, 0.05) is 25.6 Å². The number of nitrogens with one attached hydrogen (secondary N) is 1. The van der Waals surface area contributed by atoms with Gasteiger partial charge < -0.3 is 15.8 Å². The van der Waals surface area contributed by atoms with E-state index in [1.165, 1.54) is 0 Å². The van der Waals surface area contributed by atoms with Crippen LogP contribution >= 0.6 is 0 Å². The van der Waals surface area contributed by atoms with Crippen LogP contribution in [-0.4, -0.2) is 32.2 Å². The predicted octanol–water partition coefficient (Wildman–Crippen LogP) is -0.902. The topological polar surface area (TPSA) is 64.4 Å². The average molecular weight is 170 g/mol. The van der Waals surface area contributed by atoms with Crippen LogP contribution in [-0.2, 0) is 9.53 Å². The third kappa shape index (κ3) is 0.949. The van der Waals surface area contributed by atoms with E-state index in [2.05, 4.69) is 5.32 Å². The summed E-state index contributed by atoms with van der Waals surface area (Å²) in [6.45, 7) is 2.94. The second kappa shape index (κ2) is 2.71. The van der Waals surface area contributed by atoms with Crippen LogP contribution in [0.5, 0.6) is 0 Å². The van der Waals surface area contributed by atoms with Gasteiger partial charge in [0.25, 0.3) is 0 Å². The molecule has 0 radical (unpaired) electrons. The van der Waals surface area contributed by atoms with Gasteiger partial charge in [0.15, 0.2) is 0 Å². The molecule has 12 heavy (non-hydrogen) atoms. The molecule has 0 saturated carbocycles. The van der Waals surface area contributed by atoms with Crippen molar-refractivity contribution < 1.29 is 9.53 Å². The molecule has 2 aliphatic heterocycles. The Bertz CT molecular complexity index is 207. The van der Waals surface area contributed by atoms with Crippen LogP contribution in [0.1, 0.15) is 6.42 Å². The lowest BCUT2D eigenvalue weighted by Gasteiger charge is -2.35. The van der Waals surface area contributed by atoms with Crippen molar-refractivity contribution in [3.63, 3.8) is 0 Å². The van der Waals surface area contributed by atoms with Gasteiger partial charge in [-0.25, -0.2) is 0 Å². The maximum atomic E-state index is 11.3. The van der Waals surface area contributed by atoms with Gasteiger partial charge in [0.05, 0.1) is 12.0 Å². The van der Waals surface area contributed by atoms with Crippen molar-refractivity contribution in [2.45, 2.75) is 6.42 Å². The van der Waals surface area contributed by atoms with Crippen LogP contribution in [0.4, 0.5) is 0 Å². The highest BCUT2D eigenvalue weighted by Gasteiger charge is 2.49. The molecule has 2 rings (SSSR count). The highest BCUT2D eigenvalue weighted by atomic mass is 16.5. The summed E-state index contributed by atoms with van der Waals surface area (Å²) in [6.07, 6.45) is 0.778. The van der Waals surface area contributed by atoms with E-state index in [9.17, 15) is 4.79 Å². The highest BCUT2D eigenvalue weighted by molar-refractivity contribution is 5.82. The standard InChI is InChI=1S/C8H14N2O2/c9-7(11)8-1-2-12-4-6(8)3-10-5-8/h6,10H,1-5H2,(H2,9,11). The van der Waals surface area contributed by atoms with Crippen LogP contribution in [0.3, 0.4) is 0 Å². The summed E-state index contributed by atoms with van der Waals surface area (Å²) in [5, 5.41) is 3.21. The number of ether oxygens (including phenoxy) is 1. The Labute approximate surface area is 71.4 Å². The molecule has 4 nitrogen and oxygen atoms in total. The average Bonchev–Trinajstić information content (AvgIpc) is 2.48. The zero-order valence-electron chi connectivity index (χ0n) is 7.01. The summed E-state index contributed by atoms with van der Waals surface area (Å²) in [4.78, 5) is 11.3. The quantitative estimate of drug-likeness (QED) is 0.536. The molecule has 2 heterocycles. The minimum atomic E-state index is -0.307. The molecular formula is C8H14N2O2. The van der Waals surface area contributed by atoms with Gasteiger partial charge >= 0.3 is 0 Å². The molecule has 3 N–H and O–H groups in total. The molecule has 0 aromatic rings. The van der Waals surface area contributed by atoms with E-state index in [-0.39, 0.29) is 11.3 Å². The number of fused-ring (bicyclic) bond motifs is 1. The lowest BCUT2D eigenvalue weighted by atomic mass is 9.74. The van der Waals surface area contributed by atoms with Crippen molar-refractivity contribution in [1.82, 2.24) is 5.32 Å². The highest BCUT2D eigenvalue weighted by Crippen LogP contribution is 2.37. The van der Waals surface area contributed by atoms with Crippen LogP contribution in [0, 0.1) is 11.3 Å². The van der Waals surface area contributed by atoms with E-state index in [0.717, 1.165) is 19.5 Å². The summed E-state index contributed by atoms with van der Waals surface area (Å²) in [5.74, 6) is 0.129. The van der Waals surface area contributed by atoms with Crippen molar-refractivity contribution in [2.75, 3.05) is 26.3 Å². The number of hydrogen-bond acceptors (Lipinski definition) is 3. The lowest BCUT2D eigenvalue weighted by molar-refractivity contribution is -0.135. The van der Waals surface area contributed by atoms with Gasteiger partial charge in [-0.2, -0.15) is 0 Å². The van der Waals surface area contributed by atoms with Crippen LogP contribution in [0.25, 0.3) is 0 Å². The molecule has 2 saturated heterocycles. The molecule has 0 spiro atoms. The molecule has 0 aromatic heterocycles. The van der Waals surface area contributed by atoms with Crippen molar-refractivity contribution in [3.05, 3.63) is 0 Å². The van der Waals surface area contributed by atoms with Crippen molar-refractivity contribution in [3.8, 4) is 0 Å². The van der Waals surface area contributed by atoms with E-state index >= 15 is 0 Å². The zero-order chi connectivity index (χ0) is 8.60. The van der Waals surface area contributed by atoms with Gasteiger partial charge in [-0.1, -0.05) is 0 Å². The summed E-state index contributed by atoms with van der Waals surface area (Å²) in [7, 11) is 0. The molecule has 2 fully saturated rings. The van der Waals surface area contributed by atoms with E-state index < -0.39 is 0 Å². The molecule has 2 aliphatic rings. The first-order valence-electron chi connectivity index (χ1n) is 4.34. The molecule has 0 aromatic carbocycles. The van der Waals surface area contributed by atoms with Gasteiger partial charge in [-0.15, -0.1) is 0 Å². The first-order valence-corrected chi connectivity index (χ1v) is 4.34. The number of carbonyl (C=O) groups excluding carboxylic acids is 1. The fourth-order valence-corrected chi connectivity index (χ4v) is 2.21. The Balaban J connectivity index is 2.23. The minimum Gasteiger partial charge on any atom is -0.381 e. The largest absolute Gasteiger partial charge is 0.381 e. The van der Waals surface area contributed by atoms with Gasteiger partial charge in [0.1, 0.15) is 0 Å². The van der Waals surface area contributed by atoms with Gasteiger partial charge in [-0.05, 0) is 6.42 Å². The van der Waals surface area contributed by atoms with E-state index in [4.69, 9.17) is 10.5 Å². The smallest absolute Gasteiger partial charge is 0.225 e. The first-order chi connectivity index (χ1) is 5.76. The number of rotatable bonds is 1. The molecule has 2 atom stereocenters. The molecule has 68 valence electrons. The van der Waals surface area contributed by atoms with Crippen molar-refractivity contribution >= 4 is 5.91 Å². The third-order valence-electron chi connectivity index (χ3n) is 3.11. The van der Waals surface area contributed by atoms with Crippen LogP contribution in [0.2, 0.25) is 0 Å². The van der Waals surface area contributed by atoms with E-state index in [1.807, 2.05) is 0 Å². The number of hydrogen-bond donors (Lipinski definition) is 2.